The van der Waals surface area contributed by atoms with E-state index in [-0.39, 0.29) is 25.5 Å². The molecule has 283 valence electrons. The maximum atomic E-state index is 6.46. The van der Waals surface area contributed by atoms with Crippen LogP contribution in [0.25, 0.3) is 55.7 Å². The van der Waals surface area contributed by atoms with Gasteiger partial charge in [-0.15, -0.1) is 53.6 Å². The van der Waals surface area contributed by atoms with Gasteiger partial charge in [0.25, 0.3) is 0 Å². The standard InChI is InChI=1S/C30H26N3O.C18H24NSi.Ir/c1-19-14-15-22(27-26(19)21-16-17-25(30(2,3)4)32-29(21)34-27)28-31-23-12-8-9-13-24(23)33(28)18-20-10-6-5-7-11-20;1-14(2)11-16-12-17(15-9-7-6-8-10-15)19-13-18(16)20(3,4)5;/h5-14,16-17H,18H2,1-4H3;6-9,12-14H,11H2,1-5H3;/q2*-1;. The largest absolute Gasteiger partial charge is 0.486 e. The minimum Gasteiger partial charge on any atom is -0.486 e. The molecular formula is C48H50IrN4OSi-2. The van der Waals surface area contributed by atoms with E-state index < -0.39 is 8.07 Å². The van der Waals surface area contributed by atoms with Crippen LogP contribution in [-0.2, 0) is 38.5 Å². The summed E-state index contributed by atoms with van der Waals surface area (Å²) >= 11 is 0. The number of benzene rings is 4. The molecule has 4 aromatic heterocycles. The molecule has 1 radical (unpaired) electrons. The van der Waals surface area contributed by atoms with Crippen molar-refractivity contribution in [2.24, 2.45) is 5.92 Å². The van der Waals surface area contributed by atoms with Gasteiger partial charge in [0.05, 0.1) is 30.5 Å². The number of pyridine rings is 2. The van der Waals surface area contributed by atoms with Crippen molar-refractivity contribution < 1.29 is 24.5 Å². The molecule has 0 fully saturated rings. The summed E-state index contributed by atoms with van der Waals surface area (Å²) < 4.78 is 8.72. The van der Waals surface area contributed by atoms with E-state index in [0.29, 0.717) is 18.2 Å². The Kier molecular flexibility index (Phi) is 11.8. The van der Waals surface area contributed by atoms with Crippen LogP contribution in [0.4, 0.5) is 0 Å². The van der Waals surface area contributed by atoms with E-state index in [1.165, 1.54) is 16.3 Å². The number of aryl methyl sites for hydroxylation is 1. The molecule has 0 N–H and O–H groups in total. The average Bonchev–Trinajstić information content (AvgIpc) is 3.71. The Morgan fingerprint density at radius 1 is 0.855 bits per heavy atom. The first-order valence-electron chi connectivity index (χ1n) is 19.0. The summed E-state index contributed by atoms with van der Waals surface area (Å²) in [6, 6.07) is 42.1. The summed E-state index contributed by atoms with van der Waals surface area (Å²) in [5, 5.41) is 3.60. The van der Waals surface area contributed by atoms with Gasteiger partial charge in [-0.05, 0) is 53.0 Å². The quantitative estimate of drug-likeness (QED) is 0.118. The number of furan rings is 1. The smallest absolute Gasteiger partial charge is 0.216 e. The van der Waals surface area contributed by atoms with E-state index in [0.717, 1.165) is 67.7 Å². The molecule has 8 aromatic rings. The van der Waals surface area contributed by atoms with Crippen molar-refractivity contribution in [3.63, 3.8) is 0 Å². The Morgan fingerprint density at radius 3 is 2.27 bits per heavy atom. The third-order valence-corrected chi connectivity index (χ3v) is 11.9. The second-order valence-electron chi connectivity index (χ2n) is 16.8. The molecule has 0 saturated carbocycles. The van der Waals surface area contributed by atoms with Gasteiger partial charge in [-0.2, -0.15) is 0 Å². The van der Waals surface area contributed by atoms with Gasteiger partial charge < -0.3 is 14.0 Å². The fourth-order valence-electron chi connectivity index (χ4n) is 7.12. The van der Waals surface area contributed by atoms with Gasteiger partial charge in [-0.25, -0.2) is 4.98 Å². The fourth-order valence-corrected chi connectivity index (χ4v) is 8.71. The first kappa shape index (κ1) is 40.0. The van der Waals surface area contributed by atoms with Gasteiger partial charge in [-0.3, -0.25) is 4.98 Å². The molecule has 5 nitrogen and oxygen atoms in total. The van der Waals surface area contributed by atoms with E-state index in [1.807, 2.05) is 36.4 Å². The number of hydrogen-bond donors (Lipinski definition) is 0. The number of aromatic nitrogens is 4. The van der Waals surface area contributed by atoms with Crippen molar-refractivity contribution in [3.05, 3.63) is 144 Å². The van der Waals surface area contributed by atoms with Crippen molar-refractivity contribution in [3.8, 4) is 22.6 Å². The van der Waals surface area contributed by atoms with Gasteiger partial charge in [0.2, 0.25) is 5.71 Å². The molecule has 8 rings (SSSR count). The molecule has 0 spiro atoms. The van der Waals surface area contributed by atoms with E-state index in [1.54, 1.807) is 0 Å². The molecule has 0 unspecified atom stereocenters. The SMILES string of the molecule is CC(C)Cc1cc(-c2[c-]cccc2)ncc1[Si](C)(C)C.Cc1c[c-]c(-c2nc3ccccc3n2Cc2ccccc2)c2oc3nc(C(C)(C)C)ccc3c12.[Ir]. The number of fused-ring (bicyclic) bond motifs is 4. The minimum atomic E-state index is -1.34. The number of imidazole rings is 1. The van der Waals surface area contributed by atoms with E-state index in [9.17, 15) is 0 Å². The topological polar surface area (TPSA) is 56.7 Å². The molecule has 4 heterocycles. The van der Waals surface area contributed by atoms with Crippen LogP contribution in [0.5, 0.6) is 0 Å². The summed E-state index contributed by atoms with van der Waals surface area (Å²) in [5.74, 6) is 1.52. The maximum Gasteiger partial charge on any atom is 0.216 e. The van der Waals surface area contributed by atoms with Crippen molar-refractivity contribution in [2.45, 2.75) is 79.6 Å². The summed E-state index contributed by atoms with van der Waals surface area (Å²) in [6.45, 7) is 21.0. The molecule has 0 amide bonds. The Balaban J connectivity index is 0.000000211. The third-order valence-electron chi connectivity index (χ3n) is 9.85. The summed E-state index contributed by atoms with van der Waals surface area (Å²) in [5.41, 5.74) is 11.3. The Labute approximate surface area is 340 Å². The Hall–Kier alpha value is -4.68. The first-order chi connectivity index (χ1) is 25.8. The molecule has 0 bridgehead atoms. The van der Waals surface area contributed by atoms with Crippen LogP contribution >= 0.6 is 0 Å². The third kappa shape index (κ3) is 8.60. The van der Waals surface area contributed by atoms with E-state index in [2.05, 4.69) is 156 Å². The second-order valence-corrected chi connectivity index (χ2v) is 21.8. The summed E-state index contributed by atoms with van der Waals surface area (Å²) in [4.78, 5) is 14.6. The molecule has 0 aliphatic heterocycles. The van der Waals surface area contributed by atoms with Gasteiger partial charge in [-0.1, -0.05) is 126 Å². The Bertz CT molecular complexity index is 2560. The summed E-state index contributed by atoms with van der Waals surface area (Å²) in [7, 11) is -1.34. The van der Waals surface area contributed by atoms with E-state index in [4.69, 9.17) is 14.4 Å². The fraction of sp³-hybridized carbons (Fsp3) is 0.271. The monoisotopic (exact) mass is 919 g/mol. The first-order valence-corrected chi connectivity index (χ1v) is 22.5. The normalized spacial score (nSPS) is 11.9. The van der Waals surface area contributed by atoms with Crippen molar-refractivity contribution in [1.82, 2.24) is 19.5 Å². The molecule has 55 heavy (non-hydrogen) atoms. The number of para-hydroxylation sites is 2. The van der Waals surface area contributed by atoms with Crippen molar-refractivity contribution in [2.75, 3.05) is 0 Å². The molecular weight excluding hydrogens is 869 g/mol. The van der Waals surface area contributed by atoms with Crippen LogP contribution in [0.2, 0.25) is 19.6 Å². The zero-order valence-electron chi connectivity index (χ0n) is 33.4. The molecule has 0 saturated heterocycles. The predicted molar refractivity (Wildman–Crippen MR) is 228 cm³/mol. The van der Waals surface area contributed by atoms with Crippen LogP contribution in [0.1, 0.15) is 57.0 Å². The zero-order valence-corrected chi connectivity index (χ0v) is 36.8. The molecule has 7 heteroatoms. The average molecular weight is 919 g/mol. The van der Waals surface area contributed by atoms with Gasteiger partial charge in [0.15, 0.2) is 0 Å². The second kappa shape index (κ2) is 16.2. The Morgan fingerprint density at radius 2 is 1.58 bits per heavy atom. The van der Waals surface area contributed by atoms with Gasteiger partial charge in [0, 0.05) is 49.3 Å². The van der Waals surface area contributed by atoms with Gasteiger partial charge in [0.1, 0.15) is 0 Å². The van der Waals surface area contributed by atoms with Crippen molar-refractivity contribution >= 4 is 46.4 Å². The van der Waals surface area contributed by atoms with E-state index >= 15 is 0 Å². The van der Waals surface area contributed by atoms with Crippen LogP contribution < -0.4 is 5.19 Å². The van der Waals surface area contributed by atoms with Gasteiger partial charge >= 0.3 is 0 Å². The predicted octanol–water partition coefficient (Wildman–Crippen LogP) is 11.7. The molecule has 0 aliphatic rings. The molecule has 0 atom stereocenters. The van der Waals surface area contributed by atoms with Crippen LogP contribution in [0, 0.1) is 25.0 Å². The van der Waals surface area contributed by atoms with Crippen LogP contribution in [0.3, 0.4) is 0 Å². The minimum absolute atomic E-state index is 0. The van der Waals surface area contributed by atoms with Crippen LogP contribution in [0.15, 0.2) is 114 Å². The zero-order chi connectivity index (χ0) is 38.2. The summed E-state index contributed by atoms with van der Waals surface area (Å²) in [6.07, 6.45) is 3.24. The maximum absolute atomic E-state index is 6.46. The number of rotatable bonds is 7. The number of hydrogen-bond acceptors (Lipinski definition) is 4. The number of nitrogens with zero attached hydrogens (tertiary/aromatic N) is 4. The van der Waals surface area contributed by atoms with Crippen LogP contribution in [-0.4, -0.2) is 27.6 Å². The molecule has 0 aliphatic carbocycles. The van der Waals surface area contributed by atoms with Crippen molar-refractivity contribution in [1.29, 1.82) is 0 Å². The molecule has 4 aromatic carbocycles.